The third-order valence-corrected chi connectivity index (χ3v) is 23.3. The topological polar surface area (TPSA) is 481 Å². The fourth-order valence-corrected chi connectivity index (χ4v) is 17.0. The van der Waals surface area contributed by atoms with Crippen LogP contribution in [0.5, 0.6) is 23.0 Å². The number of aryl methyl sites for hydroxylation is 1. The van der Waals surface area contributed by atoms with E-state index in [9.17, 15) is 65.7 Å². The summed E-state index contributed by atoms with van der Waals surface area (Å²) in [6.07, 6.45) is -39.9. The summed E-state index contributed by atoms with van der Waals surface area (Å²) in [5, 5.41) is 115. The summed E-state index contributed by atoms with van der Waals surface area (Å²) in [5.74, 6) is -8.17. The highest BCUT2D eigenvalue weighted by molar-refractivity contribution is 6.39. The second-order valence-electron chi connectivity index (χ2n) is 29.8. The van der Waals surface area contributed by atoms with Crippen molar-refractivity contribution in [3.63, 3.8) is 0 Å². The van der Waals surface area contributed by atoms with E-state index in [1.165, 1.54) is 62.0 Å². The molecule has 11 fully saturated rings. The van der Waals surface area contributed by atoms with E-state index in [-0.39, 0.29) is 76.8 Å². The molecule has 11 aliphatic heterocycles. The van der Waals surface area contributed by atoms with Crippen LogP contribution in [-0.4, -0.2) is 318 Å². The molecule has 11 heterocycles. The number of hydrogen-bond donors (Lipinski definition) is 9. The smallest absolute Gasteiger partial charge is 0.342 e. The Morgan fingerprint density at radius 1 is 0.624 bits per heavy atom. The number of nitrogens with zero attached hydrogens (tertiary/aromatic N) is 1. The molecule has 38 nitrogen and oxygen atoms in total. The Bertz CT molecular complexity index is 3590. The predicted octanol–water partition coefficient (Wildman–Crippen LogP) is 1.23. The lowest BCUT2D eigenvalue weighted by molar-refractivity contribution is -0.594. The van der Waals surface area contributed by atoms with Crippen molar-refractivity contribution >= 4 is 35.1 Å². The van der Waals surface area contributed by atoms with E-state index in [1.54, 1.807) is 34.6 Å². The van der Waals surface area contributed by atoms with Gasteiger partial charge in [0.1, 0.15) is 125 Å². The number of esters is 2. The van der Waals surface area contributed by atoms with Gasteiger partial charge in [0.15, 0.2) is 67.6 Å². The Morgan fingerprint density at radius 2 is 1.33 bits per heavy atom. The SMILES string of the molecule is COC[C@H]1O[C@@H](O[C@@H]2OC[C@@H]3OC4(OC[C@@H](OC(=O)c5c(C)cc(O)cc5O)[C@@H]5OCOC54)O[C@H]3[C@H]2O)[C@@H](OC)[C@@H](O)[C@@H]1O[C@@H]1O[C@H](C)[C@H](C)[C@H](O[C@@H]2O[C@H](C)[C@H]3O[C@]4(C[C@@H](O)[C@H](O[C@H]5C[C@@H](O[C@H]6C[C@](C)([N+](=O)[O-])[C@@H](O)[C@H](C)O6)[C@H](OC(=O)c6c(C)c(Cl)c(O)c(Cl)c6OC)[C@@H](C)O5)[C@@H](C)O4)O[C@]3(C)[C@@H]2O)[C@H]1O. The van der Waals surface area contributed by atoms with Crippen LogP contribution in [0.25, 0.3) is 0 Å². The third-order valence-electron chi connectivity index (χ3n) is 22.5. The summed E-state index contributed by atoms with van der Waals surface area (Å²) < 4.78 is 148. The first-order valence-corrected chi connectivity index (χ1v) is 36.6. The highest BCUT2D eigenvalue weighted by atomic mass is 35.5. The van der Waals surface area contributed by atoms with Gasteiger partial charge >= 0.3 is 17.9 Å². The Kier molecular flexibility index (Phi) is 24.2. The van der Waals surface area contributed by atoms with E-state index < -0.39 is 254 Å². The number of nitro groups is 1. The van der Waals surface area contributed by atoms with Gasteiger partial charge in [-0.2, -0.15) is 0 Å². The number of fused-ring (bicyclic) bond motifs is 4. The normalized spacial score (nSPS) is 46.3. The van der Waals surface area contributed by atoms with Crippen molar-refractivity contribution < 1.29 is 174 Å². The van der Waals surface area contributed by atoms with Gasteiger partial charge in [0.05, 0.1) is 87.5 Å². The van der Waals surface area contributed by atoms with Crippen LogP contribution >= 0.6 is 23.2 Å². The summed E-state index contributed by atoms with van der Waals surface area (Å²) in [6.45, 7) is 14.3. The van der Waals surface area contributed by atoms with Gasteiger partial charge < -0.3 is 160 Å². The molecule has 612 valence electrons. The maximum Gasteiger partial charge on any atom is 0.342 e. The minimum atomic E-state index is -2.05. The molecule has 2 aromatic carbocycles. The van der Waals surface area contributed by atoms with E-state index in [2.05, 4.69) is 0 Å². The Hall–Kier alpha value is -4.52. The zero-order chi connectivity index (χ0) is 78.7. The summed E-state index contributed by atoms with van der Waals surface area (Å²) in [6, 6.07) is 2.29. The molecule has 40 heteroatoms. The molecule has 0 aliphatic carbocycles. The number of aromatic hydroxyl groups is 3. The fourth-order valence-electron chi connectivity index (χ4n) is 16.5. The molecule has 11 aliphatic rings. The third kappa shape index (κ3) is 15.1. The number of methoxy groups -OCH3 is 3. The molecule has 11 saturated heterocycles. The van der Waals surface area contributed by atoms with Crippen molar-refractivity contribution in [3.8, 4) is 23.0 Å². The minimum absolute atomic E-state index is 0.0587. The van der Waals surface area contributed by atoms with Gasteiger partial charge in [-0.3, -0.25) is 10.1 Å². The molecule has 0 aromatic heterocycles. The number of benzene rings is 2. The van der Waals surface area contributed by atoms with Gasteiger partial charge in [-0.1, -0.05) is 30.1 Å². The van der Waals surface area contributed by atoms with E-state index in [4.69, 9.17) is 137 Å². The first-order chi connectivity index (χ1) is 51.5. The Balaban J connectivity index is 0.637. The second kappa shape index (κ2) is 31.9. The molecule has 2 spiro atoms. The average Bonchev–Trinajstić information content (AvgIpc) is 1.58. The largest absolute Gasteiger partial charge is 0.508 e. The van der Waals surface area contributed by atoms with Crippen molar-refractivity contribution in [1.29, 1.82) is 0 Å². The molecule has 13 rings (SSSR count). The number of halogens is 2. The molecule has 109 heavy (non-hydrogen) atoms. The summed E-state index contributed by atoms with van der Waals surface area (Å²) in [7, 11) is 3.85. The van der Waals surface area contributed by atoms with Crippen LogP contribution in [-0.2, 0) is 109 Å². The monoisotopic (exact) mass is 1600 g/mol. The van der Waals surface area contributed by atoms with E-state index in [0.717, 1.165) is 6.07 Å². The minimum Gasteiger partial charge on any atom is -0.508 e. The van der Waals surface area contributed by atoms with Crippen LogP contribution in [0.2, 0.25) is 10.0 Å². The molecule has 0 amide bonds. The van der Waals surface area contributed by atoms with Gasteiger partial charge in [0.25, 0.3) is 11.5 Å². The van der Waals surface area contributed by atoms with Crippen molar-refractivity contribution in [3.05, 3.63) is 54.5 Å². The van der Waals surface area contributed by atoms with Crippen molar-refractivity contribution in [2.75, 3.05) is 47.9 Å². The quantitative estimate of drug-likeness (QED) is 0.0542. The first-order valence-electron chi connectivity index (χ1n) is 35.9. The predicted molar refractivity (Wildman–Crippen MR) is 356 cm³/mol. The van der Waals surface area contributed by atoms with E-state index in [0.29, 0.717) is 0 Å². The lowest BCUT2D eigenvalue weighted by Crippen LogP contribution is -2.67. The van der Waals surface area contributed by atoms with Gasteiger partial charge in [-0.25, -0.2) is 9.59 Å². The van der Waals surface area contributed by atoms with Gasteiger partial charge in [-0.15, -0.1) is 0 Å². The number of phenolic OH excluding ortho intramolecular Hbond substituents is 3. The van der Waals surface area contributed by atoms with Crippen LogP contribution in [0.4, 0.5) is 0 Å². The number of aliphatic hydroxyl groups is 6. The summed E-state index contributed by atoms with van der Waals surface area (Å²) in [4.78, 5) is 39.4. The number of ether oxygens (including phenoxy) is 24. The molecule has 2 aromatic rings. The number of carbonyl (C=O) groups excluding carboxylic acids is 2. The fraction of sp³-hybridized carbons (Fsp3) is 0.797. The average molecular weight is 1600 g/mol. The van der Waals surface area contributed by atoms with Crippen molar-refractivity contribution in [2.45, 2.75) is 296 Å². The highest BCUT2D eigenvalue weighted by Gasteiger charge is 2.70. The standard InChI is InChI=1S/C69H95Cl2NO37/c1-23-14-31(73)15-32(74)40(23)60(82)98-36-21-92-69(59-53(36)90-22-91-59)106-37-20-89-62(47(79)52(37)107-69)104-64-55(88-13)45(77)51(35(99-64)19-86-11)103-63-46(78)48(24(2)26(4)95-63)102-65-57(81)67(10)58(30(8)96-65)108-68(109-67)17-33(75)49(28(6)105-68)100-38-16-34(97-39-18-66(9,72(84)85)56(80)29(7)94-39)50(27(5)93-38)101-61(83)41-25(3)42(70)44(76)43(71)54(41)87-12/h14-15,24,26-30,33-39,45-53,55-59,62-65,73-81H,16-22H2,1-13H3/t24-,26+,27+,28+,29-,30+,33+,34+,35+,36+,37-,38-,39-,45-,46+,47+,48-,49+,50+,51+,52+,53-,55-,56-,57+,58+,59?,62-,63-,64-,65-,66-,67+,68+,69?/m0/s1. The van der Waals surface area contributed by atoms with Gasteiger partial charge in [0, 0.05) is 44.5 Å². The van der Waals surface area contributed by atoms with Crippen LogP contribution in [0.1, 0.15) is 106 Å². The Morgan fingerprint density at radius 3 is 2.02 bits per heavy atom. The first kappa shape index (κ1) is 82.5. The highest BCUT2D eigenvalue weighted by Crippen LogP contribution is 2.53. The molecule has 0 saturated carbocycles. The summed E-state index contributed by atoms with van der Waals surface area (Å²) >= 11 is 12.7. The molecular formula is C69H95Cl2NO37. The lowest BCUT2D eigenvalue weighted by Gasteiger charge is -2.50. The molecule has 0 radical (unpaired) electrons. The van der Waals surface area contributed by atoms with Crippen LogP contribution < -0.4 is 4.74 Å². The number of hydrogen-bond acceptors (Lipinski definition) is 37. The van der Waals surface area contributed by atoms with Crippen LogP contribution in [0.3, 0.4) is 0 Å². The summed E-state index contributed by atoms with van der Waals surface area (Å²) in [5.41, 5.74) is -3.75. The number of phenols is 3. The molecular weight excluding hydrogens is 1510 g/mol. The van der Waals surface area contributed by atoms with E-state index >= 15 is 0 Å². The zero-order valence-electron chi connectivity index (χ0n) is 61.7. The maximum atomic E-state index is 14.2. The second-order valence-corrected chi connectivity index (χ2v) is 30.6. The van der Waals surface area contributed by atoms with E-state index in [1.807, 2.05) is 0 Å². The van der Waals surface area contributed by atoms with Crippen LogP contribution in [0, 0.1) is 29.9 Å². The maximum absolute atomic E-state index is 14.2. The van der Waals surface area contributed by atoms with Gasteiger partial charge in [-0.05, 0) is 72.6 Å². The van der Waals surface area contributed by atoms with Crippen molar-refractivity contribution in [2.24, 2.45) is 5.92 Å². The zero-order valence-corrected chi connectivity index (χ0v) is 63.2. The molecule has 0 bridgehead atoms. The number of rotatable bonds is 19. The molecule has 9 N–H and O–H groups in total. The molecule has 2 unspecified atom stereocenters. The van der Waals surface area contributed by atoms with Crippen LogP contribution in [0.15, 0.2) is 12.1 Å². The lowest BCUT2D eigenvalue weighted by atomic mass is 9.86. The number of carbonyl (C=O) groups is 2. The Labute approximate surface area is 634 Å². The van der Waals surface area contributed by atoms with Crippen molar-refractivity contribution in [1.82, 2.24) is 0 Å². The molecule has 35 atom stereocenters. The number of aliphatic hydroxyl groups excluding tert-OH is 6. The van der Waals surface area contributed by atoms with Gasteiger partial charge in [0.2, 0.25) is 0 Å².